The van der Waals surface area contributed by atoms with Crippen LogP contribution in [-0.4, -0.2) is 17.7 Å². The molecular formula is C7H5F3N2O. The van der Waals surface area contributed by atoms with E-state index >= 15 is 0 Å². The fraction of sp³-hybridized carbons (Fsp3) is 0.143. The van der Waals surface area contributed by atoms with Gasteiger partial charge in [-0.3, -0.25) is 4.79 Å². The fourth-order valence-corrected chi connectivity index (χ4v) is 0.740. The first-order valence-electron chi connectivity index (χ1n) is 3.28. The van der Waals surface area contributed by atoms with Crippen molar-refractivity contribution in [3.05, 3.63) is 24.4 Å². The van der Waals surface area contributed by atoms with Gasteiger partial charge in [-0.1, -0.05) is 6.07 Å². The van der Waals surface area contributed by atoms with Crippen molar-refractivity contribution < 1.29 is 18.0 Å². The highest BCUT2D eigenvalue weighted by atomic mass is 19.4. The summed E-state index contributed by atoms with van der Waals surface area (Å²) in [5.74, 6) is -0.440. The molecule has 0 aliphatic carbocycles. The van der Waals surface area contributed by atoms with Gasteiger partial charge in [-0.2, -0.15) is 0 Å². The van der Waals surface area contributed by atoms with E-state index < -0.39 is 17.0 Å². The van der Waals surface area contributed by atoms with Gasteiger partial charge in [0.15, 0.2) is 0 Å². The maximum absolute atomic E-state index is 12.1. The number of rotatable bonds is 2. The minimum Gasteiger partial charge on any atom is -0.278 e. The van der Waals surface area contributed by atoms with Crippen molar-refractivity contribution in [2.24, 2.45) is 0 Å². The lowest BCUT2D eigenvalue weighted by Crippen LogP contribution is -2.37. The third-order valence-corrected chi connectivity index (χ3v) is 1.27. The lowest BCUT2D eigenvalue weighted by atomic mass is 10.4. The molecule has 13 heavy (non-hydrogen) atoms. The van der Waals surface area contributed by atoms with Crippen molar-refractivity contribution in [1.29, 1.82) is 0 Å². The number of nitrogens with zero attached hydrogens (tertiary/aromatic N) is 2. The Labute approximate surface area is 71.8 Å². The van der Waals surface area contributed by atoms with E-state index in [1.165, 1.54) is 18.3 Å². The first-order valence-corrected chi connectivity index (χ1v) is 3.28. The molecule has 0 saturated carbocycles. The fourth-order valence-electron chi connectivity index (χ4n) is 0.740. The van der Waals surface area contributed by atoms with Crippen molar-refractivity contribution in [2.75, 3.05) is 4.90 Å². The first-order chi connectivity index (χ1) is 6.05. The van der Waals surface area contributed by atoms with Crippen molar-refractivity contribution >= 4 is 12.2 Å². The van der Waals surface area contributed by atoms with E-state index in [9.17, 15) is 18.0 Å². The SMILES string of the molecule is O=CN(c1ccccn1)C(F)(F)F. The average Bonchev–Trinajstić information content (AvgIpc) is 2.05. The van der Waals surface area contributed by atoms with Crippen molar-refractivity contribution in [3.8, 4) is 0 Å². The summed E-state index contributed by atoms with van der Waals surface area (Å²) in [5, 5.41) is 0. The van der Waals surface area contributed by atoms with Crippen LogP contribution >= 0.6 is 0 Å². The summed E-state index contributed by atoms with van der Waals surface area (Å²) in [4.78, 5) is 13.1. The van der Waals surface area contributed by atoms with Crippen molar-refractivity contribution in [3.63, 3.8) is 0 Å². The standard InChI is InChI=1S/C7H5F3N2O/c8-7(9,10)12(5-13)6-3-1-2-4-11-6/h1-5H. The Balaban J connectivity index is 2.99. The van der Waals surface area contributed by atoms with Gasteiger partial charge in [-0.15, -0.1) is 13.2 Å². The number of alkyl halides is 3. The molecule has 0 radical (unpaired) electrons. The molecule has 0 aliphatic rings. The molecule has 0 unspecified atom stereocenters. The predicted octanol–water partition coefficient (Wildman–Crippen LogP) is 1.56. The van der Waals surface area contributed by atoms with Crippen LogP contribution in [0.5, 0.6) is 0 Å². The second kappa shape index (κ2) is 3.42. The molecule has 1 amide bonds. The van der Waals surface area contributed by atoms with Crippen molar-refractivity contribution in [1.82, 2.24) is 4.98 Å². The topological polar surface area (TPSA) is 33.2 Å². The van der Waals surface area contributed by atoms with Crippen LogP contribution in [0.15, 0.2) is 24.4 Å². The second-order valence-electron chi connectivity index (χ2n) is 2.13. The minimum absolute atomic E-state index is 0.317. The van der Waals surface area contributed by atoms with Gasteiger partial charge in [0.2, 0.25) is 6.41 Å². The van der Waals surface area contributed by atoms with E-state index in [4.69, 9.17) is 0 Å². The summed E-state index contributed by atoms with van der Waals surface area (Å²) in [6, 6.07) is 3.93. The van der Waals surface area contributed by atoms with Gasteiger partial charge in [-0.25, -0.2) is 9.88 Å². The summed E-state index contributed by atoms with van der Waals surface area (Å²) in [6.07, 6.45) is -3.87. The Bertz CT molecular complexity index is 286. The molecular weight excluding hydrogens is 185 g/mol. The van der Waals surface area contributed by atoms with Crippen molar-refractivity contribution in [2.45, 2.75) is 6.30 Å². The molecule has 70 valence electrons. The Kier molecular flexibility index (Phi) is 2.50. The molecule has 0 bridgehead atoms. The third kappa shape index (κ3) is 2.17. The molecule has 0 saturated heterocycles. The number of carbonyl (C=O) groups is 1. The zero-order chi connectivity index (χ0) is 9.90. The second-order valence-corrected chi connectivity index (χ2v) is 2.13. The van der Waals surface area contributed by atoms with Crippen LogP contribution in [0.4, 0.5) is 19.0 Å². The highest BCUT2D eigenvalue weighted by Gasteiger charge is 2.38. The minimum atomic E-state index is -4.73. The average molecular weight is 190 g/mol. The first kappa shape index (κ1) is 9.50. The van der Waals surface area contributed by atoms with Crippen LogP contribution in [0.1, 0.15) is 0 Å². The Morgan fingerprint density at radius 1 is 1.38 bits per heavy atom. The number of hydrogen-bond acceptors (Lipinski definition) is 2. The van der Waals surface area contributed by atoms with Gasteiger partial charge in [0.1, 0.15) is 5.82 Å². The van der Waals surface area contributed by atoms with Gasteiger partial charge < -0.3 is 0 Å². The lowest BCUT2D eigenvalue weighted by molar-refractivity contribution is -0.142. The lowest BCUT2D eigenvalue weighted by Gasteiger charge is -2.18. The Morgan fingerprint density at radius 3 is 2.46 bits per heavy atom. The molecule has 3 nitrogen and oxygen atoms in total. The van der Waals surface area contributed by atoms with Gasteiger partial charge in [0.25, 0.3) is 0 Å². The van der Waals surface area contributed by atoms with Gasteiger partial charge in [0, 0.05) is 6.20 Å². The highest BCUT2D eigenvalue weighted by molar-refractivity contribution is 5.73. The largest absolute Gasteiger partial charge is 0.492 e. The maximum atomic E-state index is 12.1. The number of aromatic nitrogens is 1. The van der Waals surface area contributed by atoms with E-state index in [1.54, 1.807) is 0 Å². The van der Waals surface area contributed by atoms with Crippen LogP contribution in [0.3, 0.4) is 0 Å². The van der Waals surface area contributed by atoms with E-state index in [0.717, 1.165) is 6.07 Å². The zero-order valence-electron chi connectivity index (χ0n) is 6.32. The zero-order valence-corrected chi connectivity index (χ0v) is 6.32. The molecule has 0 N–H and O–H groups in total. The number of anilines is 1. The van der Waals surface area contributed by atoms with Gasteiger partial charge in [0.05, 0.1) is 0 Å². The van der Waals surface area contributed by atoms with Crippen LogP contribution in [-0.2, 0) is 4.79 Å². The number of hydrogen-bond donors (Lipinski definition) is 0. The molecule has 1 aromatic rings. The summed E-state index contributed by atoms with van der Waals surface area (Å²) < 4.78 is 36.2. The Hall–Kier alpha value is -1.59. The van der Waals surface area contributed by atoms with E-state index in [-0.39, 0.29) is 6.41 Å². The number of halogens is 3. The number of amides is 1. The third-order valence-electron chi connectivity index (χ3n) is 1.27. The predicted molar refractivity (Wildman–Crippen MR) is 38.8 cm³/mol. The molecule has 1 aromatic heterocycles. The van der Waals surface area contributed by atoms with E-state index in [0.29, 0.717) is 0 Å². The number of pyridine rings is 1. The molecule has 0 atom stereocenters. The van der Waals surface area contributed by atoms with Crippen LogP contribution in [0, 0.1) is 0 Å². The van der Waals surface area contributed by atoms with E-state index in [1.807, 2.05) is 0 Å². The maximum Gasteiger partial charge on any atom is 0.492 e. The summed E-state index contributed by atoms with van der Waals surface area (Å²) in [7, 11) is 0. The number of carbonyl (C=O) groups excluding carboxylic acids is 1. The highest BCUT2D eigenvalue weighted by Crippen LogP contribution is 2.24. The quantitative estimate of drug-likeness (QED) is 0.523. The van der Waals surface area contributed by atoms with E-state index in [2.05, 4.69) is 4.98 Å². The van der Waals surface area contributed by atoms with Crippen LogP contribution in [0.2, 0.25) is 0 Å². The molecule has 0 spiro atoms. The molecule has 1 rings (SSSR count). The Morgan fingerprint density at radius 2 is 2.08 bits per heavy atom. The molecule has 0 aliphatic heterocycles. The van der Waals surface area contributed by atoms with Crippen LogP contribution in [0.25, 0.3) is 0 Å². The summed E-state index contributed by atoms with van der Waals surface area (Å²) in [6.45, 7) is 0. The normalized spacial score (nSPS) is 11.0. The molecule has 0 fully saturated rings. The summed E-state index contributed by atoms with van der Waals surface area (Å²) in [5.41, 5.74) is 0. The van der Waals surface area contributed by atoms with Gasteiger partial charge in [-0.05, 0) is 12.1 Å². The monoisotopic (exact) mass is 190 g/mol. The molecule has 1 heterocycles. The molecule has 6 heteroatoms. The van der Waals surface area contributed by atoms with Gasteiger partial charge >= 0.3 is 6.30 Å². The molecule has 0 aromatic carbocycles. The smallest absolute Gasteiger partial charge is 0.278 e. The summed E-state index contributed by atoms with van der Waals surface area (Å²) >= 11 is 0. The van der Waals surface area contributed by atoms with Crippen LogP contribution < -0.4 is 4.90 Å².